The highest BCUT2D eigenvalue weighted by Crippen LogP contribution is 2.32. The van der Waals surface area contributed by atoms with Crippen LogP contribution in [0.1, 0.15) is 55.6 Å². The molecular weight excluding hydrogens is 578 g/mol. The maximum absolute atomic E-state index is 13.8. The molecule has 1 aliphatic rings. The fraction of sp³-hybridized carbons (Fsp3) is 0.429. The average molecular weight is 618 g/mol. The van der Waals surface area contributed by atoms with Crippen LogP contribution in [-0.2, 0) is 36.8 Å². The fourth-order valence-corrected chi connectivity index (χ4v) is 4.88. The van der Waals surface area contributed by atoms with E-state index in [1.54, 1.807) is 12.1 Å². The van der Waals surface area contributed by atoms with Gasteiger partial charge < -0.3 is 25.7 Å². The topological polar surface area (TPSA) is 224 Å². The number of ether oxygens (including phenoxy) is 1. The number of hydrogen-bond donors (Lipinski definition) is 7. The molecule has 234 valence electrons. The summed E-state index contributed by atoms with van der Waals surface area (Å²) in [5, 5.41) is 14.1. The maximum atomic E-state index is 13.8. The van der Waals surface area contributed by atoms with Crippen LogP contribution < -0.4 is 16.4 Å². The van der Waals surface area contributed by atoms with Gasteiger partial charge in [0.15, 0.2) is 0 Å². The predicted molar refractivity (Wildman–Crippen MR) is 162 cm³/mol. The third-order valence-electron chi connectivity index (χ3n) is 7.03. The smallest absolute Gasteiger partial charge is 0.394 e. The van der Waals surface area contributed by atoms with E-state index in [4.69, 9.17) is 38.4 Å². The molecule has 1 amide bonds. The molecule has 1 atom stereocenters. The van der Waals surface area contributed by atoms with Crippen LogP contribution in [0.5, 0.6) is 0 Å². The third-order valence-corrected chi connectivity index (χ3v) is 7.03. The van der Waals surface area contributed by atoms with E-state index in [-0.39, 0.29) is 24.3 Å². The second kappa shape index (κ2) is 14.4. The van der Waals surface area contributed by atoms with Crippen LogP contribution >= 0.6 is 0 Å². The Hall–Kier alpha value is -4.05. The number of nitrogens with zero attached hydrogens (tertiary/aromatic N) is 2. The first-order valence-corrected chi connectivity index (χ1v) is 15.2. The van der Waals surface area contributed by atoms with Gasteiger partial charge >= 0.3 is 16.4 Å². The SMILES string of the molecule is CCCOC(=O)CN[C@@](C)(C(=O)N1CCCC1)c1ccc2[nH]c(CNc3ccc(C(=N)N)cc3)nc2c1C.O=S(=O)(O)O. The molecule has 0 radical (unpaired) electrons. The number of rotatable bonds is 11. The highest BCUT2D eigenvalue weighted by Gasteiger charge is 2.41. The van der Waals surface area contributed by atoms with Gasteiger partial charge in [0.1, 0.15) is 17.2 Å². The van der Waals surface area contributed by atoms with Gasteiger partial charge in [-0.25, -0.2) is 4.98 Å². The van der Waals surface area contributed by atoms with E-state index in [1.807, 2.05) is 49.9 Å². The summed E-state index contributed by atoms with van der Waals surface area (Å²) < 4.78 is 36.8. The number of fused-ring (bicyclic) bond motifs is 1. The standard InChI is InChI=1S/C28H37N7O3.H2O4S/c1-4-15-38-24(36)17-32-28(3,27(37)35-13-5-6-14-35)21-11-12-22-25(18(21)2)34-23(33-22)16-31-20-9-7-19(8-10-20)26(29)30;1-5(2,3)4/h7-12,31-32H,4-6,13-17H2,1-3H3,(H3,29,30)(H,33,34);(H2,1,2,3,4)/t28-;/m1./s1. The number of aromatic nitrogens is 2. The largest absolute Gasteiger partial charge is 0.465 e. The van der Waals surface area contributed by atoms with Crippen LogP contribution in [0.2, 0.25) is 0 Å². The number of aromatic amines is 1. The molecule has 1 aliphatic heterocycles. The molecule has 43 heavy (non-hydrogen) atoms. The van der Waals surface area contributed by atoms with E-state index in [9.17, 15) is 9.59 Å². The van der Waals surface area contributed by atoms with Crippen molar-refractivity contribution in [3.05, 3.63) is 58.9 Å². The second-order valence-electron chi connectivity index (χ2n) is 10.3. The van der Waals surface area contributed by atoms with Crippen LogP contribution in [0, 0.1) is 12.3 Å². The van der Waals surface area contributed by atoms with E-state index in [2.05, 4.69) is 15.6 Å². The number of carbonyl (C=O) groups excluding carboxylic acids is 2. The Morgan fingerprint density at radius 2 is 1.79 bits per heavy atom. The zero-order valence-electron chi connectivity index (χ0n) is 24.4. The summed E-state index contributed by atoms with van der Waals surface area (Å²) in [7, 11) is -4.67. The number of nitrogens with two attached hydrogens (primary N) is 1. The molecule has 0 aliphatic carbocycles. The number of benzene rings is 2. The van der Waals surface area contributed by atoms with Gasteiger partial charge in [-0.05, 0) is 74.6 Å². The Morgan fingerprint density at radius 1 is 1.16 bits per heavy atom. The highest BCUT2D eigenvalue weighted by molar-refractivity contribution is 7.79. The van der Waals surface area contributed by atoms with Gasteiger partial charge in [-0.2, -0.15) is 8.42 Å². The van der Waals surface area contributed by atoms with Crippen molar-refractivity contribution in [2.24, 2.45) is 5.73 Å². The molecule has 3 aromatic rings. The third kappa shape index (κ3) is 9.22. The normalized spacial score (nSPS) is 14.5. The van der Waals surface area contributed by atoms with Crippen LogP contribution in [0.4, 0.5) is 5.69 Å². The number of nitrogen functional groups attached to an aromatic ring is 1. The molecule has 0 spiro atoms. The van der Waals surface area contributed by atoms with E-state index in [0.29, 0.717) is 31.8 Å². The lowest BCUT2D eigenvalue weighted by molar-refractivity contribution is -0.144. The summed E-state index contributed by atoms with van der Waals surface area (Å²) >= 11 is 0. The molecule has 4 rings (SSSR count). The van der Waals surface area contributed by atoms with Crippen LogP contribution in [-0.4, -0.2) is 76.3 Å². The van der Waals surface area contributed by atoms with Gasteiger partial charge in [-0.3, -0.25) is 29.4 Å². The first-order valence-electron chi connectivity index (χ1n) is 13.8. The Labute approximate surface area is 250 Å². The van der Waals surface area contributed by atoms with E-state index in [0.717, 1.165) is 52.9 Å². The summed E-state index contributed by atoms with van der Waals surface area (Å²) in [4.78, 5) is 36.1. The van der Waals surface area contributed by atoms with E-state index in [1.165, 1.54) is 0 Å². The number of imidazole rings is 1. The van der Waals surface area contributed by atoms with Crippen LogP contribution in [0.25, 0.3) is 11.0 Å². The van der Waals surface area contributed by atoms with Crippen molar-refractivity contribution in [3.63, 3.8) is 0 Å². The lowest BCUT2D eigenvalue weighted by atomic mass is 9.86. The molecule has 0 unspecified atom stereocenters. The van der Waals surface area contributed by atoms with Gasteiger partial charge in [-0.15, -0.1) is 0 Å². The number of H-pyrrole nitrogens is 1. The second-order valence-corrected chi connectivity index (χ2v) is 11.2. The predicted octanol–water partition coefficient (Wildman–Crippen LogP) is 2.50. The summed E-state index contributed by atoms with van der Waals surface area (Å²) in [6.07, 6.45) is 2.70. The molecule has 8 N–H and O–H groups in total. The molecule has 1 aromatic heterocycles. The zero-order valence-corrected chi connectivity index (χ0v) is 25.3. The highest BCUT2D eigenvalue weighted by atomic mass is 32.3. The summed E-state index contributed by atoms with van der Waals surface area (Å²) in [6.45, 7) is 7.93. The van der Waals surface area contributed by atoms with Gasteiger partial charge in [0.05, 0.1) is 30.7 Å². The van der Waals surface area contributed by atoms with Gasteiger partial charge in [-0.1, -0.05) is 13.0 Å². The zero-order chi connectivity index (χ0) is 31.8. The molecule has 0 saturated carbocycles. The van der Waals surface area contributed by atoms with Gasteiger partial charge in [0, 0.05) is 24.3 Å². The summed E-state index contributed by atoms with van der Waals surface area (Å²) in [6, 6.07) is 11.2. The Morgan fingerprint density at radius 3 is 2.37 bits per heavy atom. The molecule has 1 fully saturated rings. The quantitative estimate of drug-likeness (QED) is 0.0716. The number of likely N-dealkylation sites (tertiary alicyclic amines) is 1. The first-order chi connectivity index (χ1) is 20.2. The molecule has 0 bridgehead atoms. The summed E-state index contributed by atoms with van der Waals surface area (Å²) in [5.74, 6) is 0.352. The fourth-order valence-electron chi connectivity index (χ4n) is 4.88. The van der Waals surface area contributed by atoms with E-state index < -0.39 is 15.9 Å². The molecule has 14 nitrogen and oxygen atoms in total. The number of esters is 1. The number of hydrogen-bond acceptors (Lipinski definition) is 9. The molecule has 15 heteroatoms. The van der Waals surface area contributed by atoms with Crippen LogP contribution in [0.3, 0.4) is 0 Å². The van der Waals surface area contributed by atoms with Crippen molar-refractivity contribution in [2.45, 2.75) is 52.1 Å². The van der Waals surface area contributed by atoms with Gasteiger partial charge in [0.2, 0.25) is 5.91 Å². The average Bonchev–Trinajstić information content (AvgIpc) is 3.63. The minimum atomic E-state index is -4.67. The number of amides is 1. The maximum Gasteiger partial charge on any atom is 0.394 e. The van der Waals surface area contributed by atoms with Crippen molar-refractivity contribution in [3.8, 4) is 0 Å². The minimum absolute atomic E-state index is 0.0302. The number of nitrogens with one attached hydrogen (secondary N) is 4. The Balaban J connectivity index is 0.000000934. The monoisotopic (exact) mass is 617 g/mol. The molecule has 2 aromatic carbocycles. The first kappa shape index (κ1) is 33.5. The van der Waals surface area contributed by atoms with Crippen molar-refractivity contribution in [2.75, 3.05) is 31.6 Å². The van der Waals surface area contributed by atoms with Crippen molar-refractivity contribution in [1.82, 2.24) is 20.2 Å². The minimum Gasteiger partial charge on any atom is -0.465 e. The van der Waals surface area contributed by atoms with Gasteiger partial charge in [0.25, 0.3) is 0 Å². The molecule has 2 heterocycles. The lowest BCUT2D eigenvalue weighted by Crippen LogP contribution is -2.54. The van der Waals surface area contributed by atoms with Crippen molar-refractivity contribution >= 4 is 44.8 Å². The number of anilines is 1. The number of carbonyl (C=O) groups is 2. The van der Waals surface area contributed by atoms with E-state index >= 15 is 0 Å². The Kier molecular flexibility index (Phi) is 11.2. The number of amidine groups is 1. The summed E-state index contributed by atoms with van der Waals surface area (Å²) in [5.41, 5.74) is 9.29. The molecular formula is C28H39N7O7S. The van der Waals surface area contributed by atoms with Crippen molar-refractivity contribution in [1.29, 1.82) is 5.41 Å². The van der Waals surface area contributed by atoms with Crippen molar-refractivity contribution < 1.29 is 31.8 Å². The lowest BCUT2D eigenvalue weighted by Gasteiger charge is -2.35. The number of aryl methyl sites for hydroxylation is 1. The Bertz CT molecular complexity index is 1540. The van der Waals surface area contributed by atoms with Crippen LogP contribution in [0.15, 0.2) is 36.4 Å². The molecule has 1 saturated heterocycles.